The predicted molar refractivity (Wildman–Crippen MR) is 136 cm³/mol. The van der Waals surface area contributed by atoms with Crippen molar-refractivity contribution in [2.45, 2.75) is 50.6 Å². The maximum absolute atomic E-state index is 13.4. The summed E-state index contributed by atoms with van der Waals surface area (Å²) in [6.07, 6.45) is -2.91. The van der Waals surface area contributed by atoms with Gasteiger partial charge < -0.3 is 36.7 Å². The zero-order valence-electron chi connectivity index (χ0n) is 20.8. The topological polar surface area (TPSA) is 172 Å². The van der Waals surface area contributed by atoms with Gasteiger partial charge in [0.05, 0.1) is 18.2 Å². The number of halogens is 3. The van der Waals surface area contributed by atoms with Crippen LogP contribution in [0.15, 0.2) is 12.1 Å². The Balaban J connectivity index is 1.79. The lowest BCUT2D eigenvalue weighted by Gasteiger charge is -2.18. The number of alkyl halides is 3. The first kappa shape index (κ1) is 31.6. The molecule has 1 heterocycles. The van der Waals surface area contributed by atoms with Gasteiger partial charge in [-0.05, 0) is 49.5 Å². The predicted octanol–water partition coefficient (Wildman–Crippen LogP) is -1.24. The lowest BCUT2D eigenvalue weighted by molar-refractivity contribution is -0.138. The van der Waals surface area contributed by atoms with Crippen LogP contribution in [-0.2, 0) is 31.8 Å². The van der Waals surface area contributed by atoms with Gasteiger partial charge in [-0.3, -0.25) is 19.2 Å². The van der Waals surface area contributed by atoms with Gasteiger partial charge in [0.15, 0.2) is 5.52 Å². The van der Waals surface area contributed by atoms with Crippen molar-refractivity contribution < 1.29 is 42.0 Å². The van der Waals surface area contributed by atoms with E-state index < -0.39 is 49.4 Å². The molecule has 0 saturated heterocycles. The number of amides is 3. The third-order valence-corrected chi connectivity index (χ3v) is 6.34. The molecule has 0 aromatic heterocycles. The van der Waals surface area contributed by atoms with E-state index in [1.807, 2.05) is 9.24 Å². The van der Waals surface area contributed by atoms with Crippen LogP contribution in [0.25, 0.3) is 0 Å². The Morgan fingerprint density at radius 2 is 1.87 bits per heavy atom. The van der Waals surface area contributed by atoms with E-state index in [9.17, 15) is 37.4 Å². The molecule has 7 N–H and O–H groups in total. The number of benzene rings is 1. The number of likely N-dealkylation sites (N-methyl/N-ethyl adjacent to an activating group) is 1. The van der Waals surface area contributed by atoms with Crippen molar-refractivity contribution in [2.24, 2.45) is 5.73 Å². The van der Waals surface area contributed by atoms with E-state index in [1.165, 1.54) is 7.05 Å². The van der Waals surface area contributed by atoms with E-state index in [-0.39, 0.29) is 47.5 Å². The Labute approximate surface area is 220 Å². The molecule has 1 aromatic rings. The molecule has 2 rings (SSSR count). The fourth-order valence-corrected chi connectivity index (χ4v) is 3.87. The fraction of sp³-hybridized carbons (Fsp3) is 0.545. The molecule has 16 heteroatoms. The number of rotatable bonds is 14. The summed E-state index contributed by atoms with van der Waals surface area (Å²) in [4.78, 5) is 47.9. The van der Waals surface area contributed by atoms with Crippen LogP contribution in [0.4, 0.5) is 13.2 Å². The van der Waals surface area contributed by atoms with Crippen LogP contribution in [-0.4, -0.2) is 74.2 Å². The quantitative estimate of drug-likeness (QED) is 0.0931. The number of nitrogens with one attached hydrogen (secondary N) is 4. The highest BCUT2D eigenvalue weighted by molar-refractivity contribution is 7.40. The molecular weight excluding hydrogens is 529 g/mol. The number of nitrogens with two attached hydrogens (primary N) is 1. The first-order valence-corrected chi connectivity index (χ1v) is 12.5. The van der Waals surface area contributed by atoms with Crippen molar-refractivity contribution in [1.29, 1.82) is 0 Å². The molecule has 0 radical (unpaired) electrons. The minimum atomic E-state index is -4.75. The number of hydrogen-bond acceptors (Lipinski definition) is 8. The molecule has 210 valence electrons. The van der Waals surface area contributed by atoms with Crippen molar-refractivity contribution in [2.75, 3.05) is 26.7 Å². The average Bonchev–Trinajstić information content (AvgIpc) is 3.23. The van der Waals surface area contributed by atoms with Gasteiger partial charge in [-0.25, -0.2) is 0 Å². The zero-order chi connectivity index (χ0) is 28.5. The summed E-state index contributed by atoms with van der Waals surface area (Å²) in [6, 6.07) is 0.348. The molecule has 0 fully saturated rings. The maximum atomic E-state index is 13.4. The van der Waals surface area contributed by atoms with E-state index in [0.29, 0.717) is 31.9 Å². The van der Waals surface area contributed by atoms with Gasteiger partial charge in [-0.15, -0.1) is 0 Å². The molecule has 11 nitrogen and oxygen atoms in total. The minimum Gasteiger partial charge on any atom is -0.423 e. The molecule has 1 aliphatic rings. The summed E-state index contributed by atoms with van der Waals surface area (Å²) in [5, 5.41) is 20.2. The van der Waals surface area contributed by atoms with Gasteiger partial charge in [-0.2, -0.15) is 13.2 Å². The number of unbranched alkanes of at least 4 members (excludes halogenated alkanes) is 1. The van der Waals surface area contributed by atoms with E-state index in [4.69, 9.17) is 10.4 Å². The van der Waals surface area contributed by atoms with Gasteiger partial charge in [0, 0.05) is 31.6 Å². The Hall–Kier alpha value is -2.58. The average molecular weight is 561 g/mol. The van der Waals surface area contributed by atoms with Crippen LogP contribution in [0.2, 0.25) is 0 Å². The Morgan fingerprint density at radius 1 is 1.16 bits per heavy atom. The molecule has 3 atom stereocenters. The maximum Gasteiger partial charge on any atom is 0.491 e. The van der Waals surface area contributed by atoms with Crippen LogP contribution in [0.3, 0.4) is 0 Å². The molecule has 1 aromatic carbocycles. The minimum absolute atomic E-state index is 0.0118. The van der Waals surface area contributed by atoms with Crippen molar-refractivity contribution in [3.05, 3.63) is 28.8 Å². The van der Waals surface area contributed by atoms with Gasteiger partial charge >= 0.3 is 13.3 Å². The first-order valence-electron chi connectivity index (χ1n) is 11.9. The van der Waals surface area contributed by atoms with Crippen molar-refractivity contribution in [3.63, 3.8) is 0 Å². The second-order valence-corrected chi connectivity index (χ2v) is 9.27. The van der Waals surface area contributed by atoms with Crippen molar-refractivity contribution >= 4 is 45.1 Å². The first-order chi connectivity index (χ1) is 17.8. The second-order valence-electron chi connectivity index (χ2n) is 8.70. The molecule has 38 heavy (non-hydrogen) atoms. The lowest BCUT2D eigenvalue weighted by Crippen LogP contribution is -2.50. The van der Waals surface area contributed by atoms with Crippen molar-refractivity contribution in [3.8, 4) is 0 Å². The molecule has 0 spiro atoms. The molecule has 3 amide bonds. The lowest BCUT2D eigenvalue weighted by atomic mass is 9.77. The normalized spacial score (nSPS) is 14.4. The molecule has 0 saturated carbocycles. The summed E-state index contributed by atoms with van der Waals surface area (Å²) in [6.45, 7) is -0.243. The highest BCUT2D eigenvalue weighted by Gasteiger charge is 2.40. The Bertz CT molecular complexity index is 1030. The van der Waals surface area contributed by atoms with Crippen LogP contribution in [0.5, 0.6) is 0 Å². The van der Waals surface area contributed by atoms with E-state index in [2.05, 4.69) is 21.3 Å². The van der Waals surface area contributed by atoms with E-state index in [1.54, 1.807) is 0 Å². The zero-order valence-corrected chi connectivity index (χ0v) is 22.0. The number of hydrogen-bond donors (Lipinski definition) is 6. The summed E-state index contributed by atoms with van der Waals surface area (Å²) in [5.74, 6) is -1.67. The van der Waals surface area contributed by atoms with E-state index >= 15 is 0 Å². The van der Waals surface area contributed by atoms with Gasteiger partial charge in [0.1, 0.15) is 6.04 Å². The molecule has 2 unspecified atom stereocenters. The highest BCUT2D eigenvalue weighted by Crippen LogP contribution is 2.34. The molecule has 0 bridgehead atoms. The number of carbonyl (C=O) groups excluding carboxylic acids is 4. The van der Waals surface area contributed by atoms with Gasteiger partial charge in [0.25, 0.3) is 5.91 Å². The standard InChI is InChI=1S/C22H32BF3N5O6P/c1-28-17(20(34)30-7-5-18(32)29-6-3-2-4-16(27)21(35)38)10-31-19(33)12-8-14(22(24,25)26)13-11-37-23(36)15(13)9-12/h8-9,16-17,28,36H,2-7,10-11,27,38H2,1H3,(H,29,32)(H,30,34)(H,31,33)/t16?,17-/m0/s1. The summed E-state index contributed by atoms with van der Waals surface area (Å²) in [7, 11) is 1.92. The van der Waals surface area contributed by atoms with Crippen LogP contribution in [0, 0.1) is 0 Å². The Morgan fingerprint density at radius 3 is 2.50 bits per heavy atom. The smallest absolute Gasteiger partial charge is 0.423 e. The molecule has 0 aliphatic carbocycles. The fourth-order valence-electron chi connectivity index (χ4n) is 3.70. The van der Waals surface area contributed by atoms with Crippen LogP contribution >= 0.6 is 9.24 Å². The van der Waals surface area contributed by atoms with Gasteiger partial charge in [-0.1, -0.05) is 9.24 Å². The highest BCUT2D eigenvalue weighted by atomic mass is 31.0. The number of carbonyl (C=O) groups is 4. The number of fused-ring (bicyclic) bond motifs is 1. The van der Waals surface area contributed by atoms with Crippen LogP contribution in [0.1, 0.15) is 47.2 Å². The SMILES string of the molecule is CN[C@@H](CNC(=O)c1cc2c(c(C(F)(F)F)c1)COB2O)C(=O)NCCC(=O)NCCCCC(N)C(=O)P. The monoisotopic (exact) mass is 561 g/mol. The van der Waals surface area contributed by atoms with Crippen LogP contribution < -0.4 is 32.5 Å². The summed E-state index contributed by atoms with van der Waals surface area (Å²) < 4.78 is 45.2. The Kier molecular flexibility index (Phi) is 12.1. The van der Waals surface area contributed by atoms with Gasteiger partial charge in [0.2, 0.25) is 11.8 Å². The molecular formula is C22H32BF3N5O6P. The second kappa shape index (κ2) is 14.5. The van der Waals surface area contributed by atoms with E-state index in [0.717, 1.165) is 6.07 Å². The van der Waals surface area contributed by atoms with Crippen molar-refractivity contribution in [1.82, 2.24) is 21.3 Å². The third-order valence-electron chi connectivity index (χ3n) is 5.92. The summed E-state index contributed by atoms with van der Waals surface area (Å²) in [5.41, 5.74) is 3.68. The summed E-state index contributed by atoms with van der Waals surface area (Å²) >= 11 is 0. The third kappa shape index (κ3) is 9.31. The molecule has 1 aliphatic heterocycles. The largest absolute Gasteiger partial charge is 0.491 e.